The molecule has 25 heavy (non-hydrogen) atoms. The number of Topliss-reactive ketones (excluding diaryl/α,β-unsaturated/α-hetero) is 1. The number of aryl methyl sites for hydroxylation is 1. The number of aromatic amines is 1. The van der Waals surface area contributed by atoms with Crippen LogP contribution in [0, 0.1) is 19.7 Å². The molecule has 2 N–H and O–H groups in total. The molecule has 0 saturated carbocycles. The van der Waals surface area contributed by atoms with Crippen molar-refractivity contribution >= 4 is 11.7 Å². The third-order valence-corrected chi connectivity index (χ3v) is 4.33. The first kappa shape index (κ1) is 18.9. The van der Waals surface area contributed by atoms with Crippen LogP contribution in [0.25, 0.3) is 0 Å². The van der Waals surface area contributed by atoms with Crippen molar-refractivity contribution in [3.63, 3.8) is 0 Å². The predicted octanol–water partition coefficient (Wildman–Crippen LogP) is 3.01. The summed E-state index contributed by atoms with van der Waals surface area (Å²) in [4.78, 5) is 29.1. The summed E-state index contributed by atoms with van der Waals surface area (Å²) in [6.07, 6.45) is 0. The Morgan fingerprint density at radius 3 is 2.48 bits per heavy atom. The number of carbonyl (C=O) groups is 2. The summed E-state index contributed by atoms with van der Waals surface area (Å²) >= 11 is 0. The summed E-state index contributed by atoms with van der Waals surface area (Å²) < 4.78 is 13.5. The van der Waals surface area contributed by atoms with Crippen molar-refractivity contribution in [1.82, 2.24) is 15.2 Å². The van der Waals surface area contributed by atoms with E-state index in [1.807, 2.05) is 25.1 Å². The number of carbonyl (C=O) groups excluding carboxylic acids is 2. The first-order valence-corrected chi connectivity index (χ1v) is 8.12. The summed E-state index contributed by atoms with van der Waals surface area (Å²) in [5, 5.41) is 2.87. The van der Waals surface area contributed by atoms with Crippen molar-refractivity contribution < 1.29 is 14.0 Å². The van der Waals surface area contributed by atoms with Gasteiger partial charge in [0.2, 0.25) is 0 Å². The van der Waals surface area contributed by atoms with E-state index in [2.05, 4.69) is 10.3 Å². The van der Waals surface area contributed by atoms with E-state index in [4.69, 9.17) is 0 Å². The van der Waals surface area contributed by atoms with Crippen LogP contribution < -0.4 is 5.32 Å². The third-order valence-electron chi connectivity index (χ3n) is 4.33. The molecule has 1 aromatic heterocycles. The molecular formula is C19H24FN3O2. The summed E-state index contributed by atoms with van der Waals surface area (Å²) in [5.74, 6) is -0.662. The minimum absolute atomic E-state index is 0.0729. The van der Waals surface area contributed by atoms with E-state index in [-0.39, 0.29) is 23.5 Å². The molecule has 0 radical (unpaired) electrons. The highest BCUT2D eigenvalue weighted by atomic mass is 19.1. The van der Waals surface area contributed by atoms with Gasteiger partial charge in [-0.05, 0) is 58.1 Å². The van der Waals surface area contributed by atoms with Gasteiger partial charge in [-0.15, -0.1) is 0 Å². The van der Waals surface area contributed by atoms with Crippen LogP contribution in [0.1, 0.15) is 50.6 Å². The zero-order valence-electron chi connectivity index (χ0n) is 15.2. The Labute approximate surface area is 147 Å². The average molecular weight is 345 g/mol. The molecule has 0 unspecified atom stereocenters. The Morgan fingerprint density at radius 2 is 1.96 bits per heavy atom. The van der Waals surface area contributed by atoms with Crippen molar-refractivity contribution in [3.8, 4) is 0 Å². The van der Waals surface area contributed by atoms with E-state index in [1.165, 1.54) is 19.1 Å². The molecule has 5 nitrogen and oxygen atoms in total. The normalized spacial score (nSPS) is 12.3. The van der Waals surface area contributed by atoms with Gasteiger partial charge < -0.3 is 15.2 Å². The maximum absolute atomic E-state index is 13.5. The summed E-state index contributed by atoms with van der Waals surface area (Å²) in [6, 6.07) is 6.18. The lowest BCUT2D eigenvalue weighted by atomic mass is 10.1. The predicted molar refractivity (Wildman–Crippen MR) is 95.4 cm³/mol. The second kappa shape index (κ2) is 7.61. The number of hydrogen-bond donors (Lipinski definition) is 2. The summed E-state index contributed by atoms with van der Waals surface area (Å²) in [5.41, 5.74) is 3.06. The average Bonchev–Trinajstić information content (AvgIpc) is 2.82. The molecule has 1 atom stereocenters. The lowest BCUT2D eigenvalue weighted by Crippen LogP contribution is -2.35. The molecule has 0 saturated heterocycles. The van der Waals surface area contributed by atoms with Crippen molar-refractivity contribution in [2.75, 3.05) is 20.6 Å². The van der Waals surface area contributed by atoms with Crippen molar-refractivity contribution in [2.24, 2.45) is 0 Å². The van der Waals surface area contributed by atoms with E-state index in [0.717, 1.165) is 5.56 Å². The first-order chi connectivity index (χ1) is 11.7. The van der Waals surface area contributed by atoms with Crippen LogP contribution >= 0.6 is 0 Å². The van der Waals surface area contributed by atoms with Crippen LogP contribution in [0.15, 0.2) is 24.3 Å². The number of rotatable bonds is 6. The van der Waals surface area contributed by atoms with Gasteiger partial charge in [0.25, 0.3) is 5.91 Å². The highest BCUT2D eigenvalue weighted by molar-refractivity contribution is 6.02. The standard InChI is InChI=1S/C19H24FN3O2/c1-11-17(13(3)24)12(2)22-18(11)19(25)21-10-16(23(4)5)14-7-6-8-15(20)9-14/h6-9,16,22H,10H2,1-5H3,(H,21,25)/t16-/m0/s1. The summed E-state index contributed by atoms with van der Waals surface area (Å²) in [7, 11) is 3.75. The Bertz CT molecular complexity index is 796. The Balaban J connectivity index is 2.17. The van der Waals surface area contributed by atoms with Gasteiger partial charge in [0.05, 0.1) is 6.04 Å². The molecule has 0 bridgehead atoms. The van der Waals surface area contributed by atoms with Crippen LogP contribution in [0.4, 0.5) is 4.39 Å². The molecule has 0 aliphatic rings. The number of benzene rings is 1. The number of hydrogen-bond acceptors (Lipinski definition) is 3. The Morgan fingerprint density at radius 1 is 1.28 bits per heavy atom. The van der Waals surface area contributed by atoms with Gasteiger partial charge in [0.1, 0.15) is 11.5 Å². The molecule has 0 spiro atoms. The topological polar surface area (TPSA) is 65.2 Å². The minimum Gasteiger partial charge on any atom is -0.354 e. The second-order valence-corrected chi connectivity index (χ2v) is 6.43. The van der Waals surface area contributed by atoms with Crippen LogP contribution in [0.3, 0.4) is 0 Å². The van der Waals surface area contributed by atoms with E-state index in [0.29, 0.717) is 29.1 Å². The van der Waals surface area contributed by atoms with Gasteiger partial charge in [-0.2, -0.15) is 0 Å². The van der Waals surface area contributed by atoms with Crippen LogP contribution in [0.2, 0.25) is 0 Å². The molecule has 2 rings (SSSR count). The van der Waals surface area contributed by atoms with Gasteiger partial charge in [0.15, 0.2) is 5.78 Å². The SMILES string of the molecule is CC(=O)c1c(C)[nH]c(C(=O)NC[C@@H](c2cccc(F)c2)N(C)C)c1C. The number of halogens is 1. The quantitative estimate of drug-likeness (QED) is 0.791. The molecule has 2 aromatic rings. The number of nitrogens with zero attached hydrogens (tertiary/aromatic N) is 1. The number of likely N-dealkylation sites (N-methyl/N-ethyl adjacent to an activating group) is 1. The van der Waals surface area contributed by atoms with Gasteiger partial charge in [-0.25, -0.2) is 4.39 Å². The van der Waals surface area contributed by atoms with Crippen LogP contribution in [0.5, 0.6) is 0 Å². The Hall–Kier alpha value is -2.47. The molecule has 0 aliphatic heterocycles. The first-order valence-electron chi connectivity index (χ1n) is 8.12. The molecule has 1 heterocycles. The smallest absolute Gasteiger partial charge is 0.268 e. The largest absolute Gasteiger partial charge is 0.354 e. The van der Waals surface area contributed by atoms with Gasteiger partial charge in [0, 0.05) is 17.8 Å². The maximum atomic E-state index is 13.5. The molecular weight excluding hydrogens is 321 g/mol. The van der Waals surface area contributed by atoms with Gasteiger partial charge >= 0.3 is 0 Å². The van der Waals surface area contributed by atoms with Crippen LogP contribution in [-0.4, -0.2) is 42.2 Å². The van der Waals surface area contributed by atoms with Crippen molar-refractivity contribution in [2.45, 2.75) is 26.8 Å². The minimum atomic E-state index is -0.308. The fourth-order valence-electron chi connectivity index (χ4n) is 3.10. The molecule has 1 aromatic carbocycles. The third kappa shape index (κ3) is 4.14. The van der Waals surface area contributed by atoms with Gasteiger partial charge in [-0.1, -0.05) is 12.1 Å². The Kier molecular flexibility index (Phi) is 5.74. The zero-order valence-corrected chi connectivity index (χ0v) is 15.2. The van der Waals surface area contributed by atoms with Gasteiger partial charge in [-0.3, -0.25) is 9.59 Å². The maximum Gasteiger partial charge on any atom is 0.268 e. The zero-order chi connectivity index (χ0) is 18.7. The lowest BCUT2D eigenvalue weighted by Gasteiger charge is -2.25. The fourth-order valence-corrected chi connectivity index (χ4v) is 3.10. The van der Waals surface area contributed by atoms with Crippen molar-refractivity contribution in [1.29, 1.82) is 0 Å². The molecule has 6 heteroatoms. The molecule has 1 amide bonds. The van der Waals surface area contributed by atoms with E-state index >= 15 is 0 Å². The highest BCUT2D eigenvalue weighted by Gasteiger charge is 2.21. The number of aromatic nitrogens is 1. The fraction of sp³-hybridized carbons (Fsp3) is 0.368. The highest BCUT2D eigenvalue weighted by Crippen LogP contribution is 2.20. The second-order valence-electron chi connectivity index (χ2n) is 6.43. The van der Waals surface area contributed by atoms with Crippen LogP contribution in [-0.2, 0) is 0 Å². The number of amides is 1. The summed E-state index contributed by atoms with van der Waals surface area (Å²) in [6.45, 7) is 5.33. The number of nitrogens with one attached hydrogen (secondary N) is 2. The van der Waals surface area contributed by atoms with E-state index < -0.39 is 0 Å². The van der Waals surface area contributed by atoms with Crippen molar-refractivity contribution in [3.05, 3.63) is 58.2 Å². The number of H-pyrrole nitrogens is 1. The lowest BCUT2D eigenvalue weighted by molar-refractivity contribution is 0.0936. The molecule has 0 fully saturated rings. The monoisotopic (exact) mass is 345 g/mol. The number of ketones is 1. The van der Waals surface area contributed by atoms with E-state index in [1.54, 1.807) is 19.9 Å². The van der Waals surface area contributed by atoms with E-state index in [9.17, 15) is 14.0 Å². The molecule has 0 aliphatic carbocycles. The molecule has 134 valence electrons.